The molecule has 0 heterocycles. The largest absolute Gasteiger partial charge is 0.496 e. The number of nitrogens with two attached hydrogens (primary N) is 1. The van der Waals surface area contributed by atoms with Crippen LogP contribution in [0.5, 0.6) is 17.2 Å². The molecule has 2 atom stereocenters. The predicted molar refractivity (Wildman–Crippen MR) is 277 cm³/mol. The Morgan fingerprint density at radius 1 is 0.473 bits per heavy atom. The highest BCUT2D eigenvalue weighted by Crippen LogP contribution is 2.24. The third-order valence-electron chi connectivity index (χ3n) is 11.4. The van der Waals surface area contributed by atoms with Crippen molar-refractivity contribution in [2.24, 2.45) is 11.8 Å². The minimum atomic E-state index is -1.09. The third-order valence-corrected chi connectivity index (χ3v) is 11.4. The van der Waals surface area contributed by atoms with E-state index in [9.17, 15) is 43.8 Å². The minimum absolute atomic E-state index is 0.0469. The van der Waals surface area contributed by atoms with E-state index in [-0.39, 0.29) is 77.6 Å². The summed E-state index contributed by atoms with van der Waals surface area (Å²) in [6.45, 7) is 5.15. The molecule has 74 heavy (non-hydrogen) atoms. The minimum Gasteiger partial charge on any atom is -0.496 e. The van der Waals surface area contributed by atoms with Crippen LogP contribution in [0.2, 0.25) is 0 Å². The van der Waals surface area contributed by atoms with Crippen molar-refractivity contribution in [3.63, 3.8) is 0 Å². The molecule has 0 aliphatic rings. The van der Waals surface area contributed by atoms with Crippen LogP contribution in [0, 0.1) is 11.8 Å². The van der Waals surface area contributed by atoms with E-state index in [1.165, 1.54) is 45.6 Å². The second kappa shape index (κ2) is 32.5. The molecular formula is C56H67N3O15. The first-order chi connectivity index (χ1) is 35.4. The average Bonchev–Trinajstić information content (AvgIpc) is 3.40. The highest BCUT2D eigenvalue weighted by atomic mass is 16.6. The van der Waals surface area contributed by atoms with Crippen molar-refractivity contribution in [1.82, 2.24) is 10.6 Å². The van der Waals surface area contributed by atoms with Crippen LogP contribution in [0.3, 0.4) is 0 Å². The molecule has 0 aliphatic heterocycles. The van der Waals surface area contributed by atoms with Gasteiger partial charge in [0.2, 0.25) is 0 Å². The first kappa shape index (κ1) is 59.9. The number of Topliss-reactive ketones (excluding diaryl/α,β-unsaturated/α-hetero) is 2. The monoisotopic (exact) mass is 1020 g/mol. The molecule has 0 bridgehead atoms. The zero-order valence-corrected chi connectivity index (χ0v) is 42.4. The number of methoxy groups -OCH3 is 3. The number of unbranched alkanes of at least 4 members (excludes halogenated alkanes) is 2. The Bertz CT molecular complexity index is 2460. The summed E-state index contributed by atoms with van der Waals surface area (Å²) in [5.74, 6) is -2.56. The molecule has 18 nitrogen and oxygen atoms in total. The Kier molecular flexibility index (Phi) is 26.3. The maximum Gasteiger partial charge on any atom is 0.407 e. The first-order valence-corrected chi connectivity index (χ1v) is 23.9. The lowest BCUT2D eigenvalue weighted by Gasteiger charge is -2.12. The number of carbonyl (C=O) groups excluding carboxylic acids is 4. The lowest BCUT2D eigenvalue weighted by Crippen LogP contribution is -2.25. The fraction of sp³-hybridized carbons (Fsp3) is 0.339. The van der Waals surface area contributed by atoms with Crippen molar-refractivity contribution in [2.75, 3.05) is 40.2 Å². The molecule has 0 aliphatic carbocycles. The van der Waals surface area contributed by atoms with Gasteiger partial charge in [0.1, 0.15) is 58.7 Å². The molecule has 0 radical (unpaired) electrons. The summed E-state index contributed by atoms with van der Waals surface area (Å²) in [6.07, 6.45) is 3.88. The third kappa shape index (κ3) is 21.9. The van der Waals surface area contributed by atoms with Gasteiger partial charge in [-0.15, -0.1) is 0 Å². The van der Waals surface area contributed by atoms with E-state index in [2.05, 4.69) is 10.6 Å². The SMILES string of the molecule is COc1ccc(CC(=O)[C@@H](C)CCCCNC(=O)OCc2ccccc2)cc1C(=O)O.COc1ccc(CC(=O)[C@@H](C)CCCCNC(=O)OCc2ccccc2)cc1C(=O)O.COc1ccc(N)cc1C(=O)O. The van der Waals surface area contributed by atoms with Crippen LogP contribution in [0.1, 0.15) is 106 Å². The second-order valence-corrected chi connectivity index (χ2v) is 17.0. The standard InChI is InChI=1S/2C24H29NO6.C8H9NO3/c2*1-17(21(26)15-19-11-12-22(30-2)20(14-19)23(27)28)8-6-7-13-25-24(29)31-16-18-9-4-3-5-10-18;1-12-7-3-2-5(9)4-6(7)8(10)11/h2*3-5,9-12,14,17H,6-8,13,15-16H2,1-2H3,(H,25,29)(H,27,28);2-4H,9H2,1H3,(H,10,11)/t2*17-;/m00./s1. The Hall–Kier alpha value is -8.41. The highest BCUT2D eigenvalue weighted by Gasteiger charge is 2.19. The number of amides is 2. The fourth-order valence-electron chi connectivity index (χ4n) is 7.11. The number of ketones is 2. The Balaban J connectivity index is 0.000000320. The first-order valence-electron chi connectivity index (χ1n) is 23.9. The molecule has 7 N–H and O–H groups in total. The zero-order valence-electron chi connectivity index (χ0n) is 42.4. The number of alkyl carbamates (subject to hydrolysis) is 2. The molecule has 5 rings (SSSR count). The van der Waals surface area contributed by atoms with Gasteiger partial charge >= 0.3 is 30.1 Å². The number of benzene rings is 5. The number of anilines is 1. The van der Waals surface area contributed by atoms with Crippen molar-refractivity contribution in [3.05, 3.63) is 154 Å². The lowest BCUT2D eigenvalue weighted by atomic mass is 9.94. The maximum atomic E-state index is 12.5. The van der Waals surface area contributed by atoms with Gasteiger partial charge in [-0.3, -0.25) is 9.59 Å². The number of nitrogen functional groups attached to an aromatic ring is 1. The quantitative estimate of drug-likeness (QED) is 0.0222. The summed E-state index contributed by atoms with van der Waals surface area (Å²) in [5.41, 5.74) is 9.14. The van der Waals surface area contributed by atoms with Gasteiger partial charge in [-0.05, 0) is 90.4 Å². The van der Waals surface area contributed by atoms with Gasteiger partial charge in [0.25, 0.3) is 0 Å². The van der Waals surface area contributed by atoms with Gasteiger partial charge in [-0.2, -0.15) is 0 Å². The van der Waals surface area contributed by atoms with Crippen LogP contribution in [0.4, 0.5) is 15.3 Å². The van der Waals surface area contributed by atoms with E-state index in [0.29, 0.717) is 48.5 Å². The van der Waals surface area contributed by atoms with Gasteiger partial charge in [0.15, 0.2) is 0 Å². The summed E-state index contributed by atoms with van der Waals surface area (Å²) < 4.78 is 25.2. The zero-order chi connectivity index (χ0) is 54.4. The fourth-order valence-corrected chi connectivity index (χ4v) is 7.11. The maximum absolute atomic E-state index is 12.5. The van der Waals surface area contributed by atoms with E-state index in [0.717, 1.165) is 36.8 Å². The topological polar surface area (TPSA) is 276 Å². The number of aromatic carboxylic acids is 3. The summed E-state index contributed by atoms with van der Waals surface area (Å²) in [4.78, 5) is 81.6. The number of carboxylic acid groups (broad SMARTS) is 3. The van der Waals surface area contributed by atoms with Crippen LogP contribution < -0.4 is 30.6 Å². The summed E-state index contributed by atoms with van der Waals surface area (Å²) in [6, 6.07) is 32.9. The molecule has 0 spiro atoms. The Morgan fingerprint density at radius 3 is 1.18 bits per heavy atom. The molecule has 396 valence electrons. The molecule has 0 fully saturated rings. The molecule has 0 aromatic heterocycles. The number of hydrogen-bond donors (Lipinski definition) is 6. The van der Waals surface area contributed by atoms with Gasteiger partial charge in [0, 0.05) is 43.5 Å². The van der Waals surface area contributed by atoms with Gasteiger partial charge in [-0.25, -0.2) is 24.0 Å². The normalized spacial score (nSPS) is 11.1. The number of rotatable bonds is 26. The van der Waals surface area contributed by atoms with E-state index in [4.69, 9.17) is 34.5 Å². The molecule has 5 aromatic carbocycles. The molecule has 0 saturated heterocycles. The number of nitrogens with one attached hydrogen (secondary N) is 2. The number of hydrogen-bond acceptors (Lipinski definition) is 13. The summed E-state index contributed by atoms with van der Waals surface area (Å²) >= 11 is 0. The molecule has 0 unspecified atom stereocenters. The number of ether oxygens (including phenoxy) is 5. The van der Waals surface area contributed by atoms with Gasteiger partial charge in [0.05, 0.1) is 21.3 Å². The molecule has 0 saturated carbocycles. The van der Waals surface area contributed by atoms with E-state index >= 15 is 0 Å². The second-order valence-electron chi connectivity index (χ2n) is 17.0. The van der Waals surface area contributed by atoms with Gasteiger partial charge < -0.3 is 55.4 Å². The van der Waals surface area contributed by atoms with Crippen molar-refractivity contribution in [2.45, 2.75) is 78.4 Å². The van der Waals surface area contributed by atoms with Crippen LogP contribution in [0.25, 0.3) is 0 Å². The molecule has 2 amide bonds. The van der Waals surface area contributed by atoms with Crippen LogP contribution in [-0.2, 0) is 45.1 Å². The van der Waals surface area contributed by atoms with E-state index < -0.39 is 30.1 Å². The van der Waals surface area contributed by atoms with Crippen molar-refractivity contribution in [1.29, 1.82) is 0 Å². The van der Waals surface area contributed by atoms with Crippen molar-refractivity contribution < 1.29 is 72.6 Å². The average molecular weight is 1020 g/mol. The predicted octanol–water partition coefficient (Wildman–Crippen LogP) is 9.45. The van der Waals surface area contributed by atoms with E-state index in [1.54, 1.807) is 30.3 Å². The molecular weight excluding hydrogens is 955 g/mol. The Labute approximate surface area is 431 Å². The van der Waals surface area contributed by atoms with Crippen molar-refractivity contribution >= 4 is 47.3 Å². The van der Waals surface area contributed by atoms with E-state index in [1.807, 2.05) is 74.5 Å². The smallest absolute Gasteiger partial charge is 0.407 e. The summed E-state index contributed by atoms with van der Waals surface area (Å²) in [7, 11) is 4.23. The molecule has 5 aromatic rings. The molecule has 18 heteroatoms. The highest BCUT2D eigenvalue weighted by molar-refractivity contribution is 5.93. The number of carbonyl (C=O) groups is 7. The summed E-state index contributed by atoms with van der Waals surface area (Å²) in [5, 5.41) is 32.6. The van der Waals surface area contributed by atoms with Gasteiger partial charge in [-0.1, -0.05) is 99.5 Å². The number of carboxylic acids is 3. The lowest BCUT2D eigenvalue weighted by molar-refractivity contribution is -0.122. The van der Waals surface area contributed by atoms with Crippen LogP contribution >= 0.6 is 0 Å². The van der Waals surface area contributed by atoms with Crippen molar-refractivity contribution in [3.8, 4) is 17.2 Å². The van der Waals surface area contributed by atoms with Crippen LogP contribution in [0.15, 0.2) is 115 Å². The van der Waals surface area contributed by atoms with Crippen LogP contribution in [-0.4, -0.2) is 91.4 Å². The Morgan fingerprint density at radius 2 is 0.824 bits per heavy atom.